The van der Waals surface area contributed by atoms with E-state index in [-0.39, 0.29) is 15.1 Å². The van der Waals surface area contributed by atoms with E-state index in [0.717, 1.165) is 0 Å². The molecule has 98 valence electrons. The molecule has 0 aliphatic rings. The number of thiazole rings is 1. The molecule has 0 aliphatic carbocycles. The first kappa shape index (κ1) is 14.4. The van der Waals surface area contributed by atoms with Crippen LogP contribution in [0.2, 0.25) is 0 Å². The summed E-state index contributed by atoms with van der Waals surface area (Å²) in [5.74, 6) is 0. The van der Waals surface area contributed by atoms with Crippen LogP contribution in [-0.4, -0.2) is 32.7 Å². The van der Waals surface area contributed by atoms with Crippen LogP contribution in [0.5, 0.6) is 0 Å². The summed E-state index contributed by atoms with van der Waals surface area (Å²) >= 11 is 0.685. The van der Waals surface area contributed by atoms with Gasteiger partial charge in [0.15, 0.2) is 4.21 Å². The fraction of sp³-hybridized carbons (Fsp3) is 0.667. The molecule has 1 rings (SSSR count). The van der Waals surface area contributed by atoms with Crippen molar-refractivity contribution in [2.24, 2.45) is 0 Å². The highest BCUT2D eigenvalue weighted by Crippen LogP contribution is 2.15. The van der Waals surface area contributed by atoms with Gasteiger partial charge in [0, 0.05) is 18.3 Å². The average molecular weight is 280 g/mol. The molecule has 1 aromatic rings. The second-order valence-electron chi connectivity index (χ2n) is 3.61. The lowest BCUT2D eigenvalue weighted by Crippen LogP contribution is -2.35. The zero-order valence-corrected chi connectivity index (χ0v) is 11.6. The van der Waals surface area contributed by atoms with Crippen molar-refractivity contribution in [1.29, 1.82) is 0 Å². The molecule has 0 amide bonds. The van der Waals surface area contributed by atoms with Crippen molar-refractivity contribution in [2.45, 2.75) is 31.0 Å². The Labute approximate surface area is 104 Å². The minimum Gasteiger partial charge on any atom is -0.380 e. The monoisotopic (exact) mass is 280 g/mol. The SMILES string of the molecule is CCOCC(C)NS(=O)(=O)c1sc(=O)[nH]c1C. The molecule has 1 atom stereocenters. The molecular formula is C9H16N2O4S2. The Morgan fingerprint density at radius 3 is 2.65 bits per heavy atom. The maximum Gasteiger partial charge on any atom is 0.305 e. The van der Waals surface area contributed by atoms with Gasteiger partial charge >= 0.3 is 4.87 Å². The van der Waals surface area contributed by atoms with Crippen LogP contribution in [-0.2, 0) is 14.8 Å². The first-order valence-corrected chi connectivity index (χ1v) is 7.46. The number of aryl methyl sites for hydroxylation is 1. The molecule has 0 spiro atoms. The third-order valence-corrected chi connectivity index (χ3v) is 5.15. The van der Waals surface area contributed by atoms with E-state index in [2.05, 4.69) is 9.71 Å². The van der Waals surface area contributed by atoms with Crippen LogP contribution in [0.1, 0.15) is 19.5 Å². The summed E-state index contributed by atoms with van der Waals surface area (Å²) in [6.07, 6.45) is 0. The predicted octanol–water partition coefficient (Wildman–Crippen LogP) is 0.448. The highest BCUT2D eigenvalue weighted by atomic mass is 32.2. The summed E-state index contributed by atoms with van der Waals surface area (Å²) in [5, 5.41) is 0. The highest BCUT2D eigenvalue weighted by molar-refractivity contribution is 7.91. The molecule has 0 aromatic carbocycles. The number of hydrogen-bond donors (Lipinski definition) is 2. The van der Waals surface area contributed by atoms with Crippen molar-refractivity contribution >= 4 is 21.4 Å². The second kappa shape index (κ2) is 5.76. The van der Waals surface area contributed by atoms with E-state index in [1.54, 1.807) is 13.8 Å². The summed E-state index contributed by atoms with van der Waals surface area (Å²) in [6, 6.07) is -0.337. The topological polar surface area (TPSA) is 88.3 Å². The number of sulfonamides is 1. The van der Waals surface area contributed by atoms with Gasteiger partial charge in [-0.3, -0.25) is 4.79 Å². The van der Waals surface area contributed by atoms with Crippen molar-refractivity contribution in [3.05, 3.63) is 15.4 Å². The number of nitrogens with one attached hydrogen (secondary N) is 2. The minimum absolute atomic E-state index is 0.0332. The molecule has 1 heterocycles. The molecule has 17 heavy (non-hydrogen) atoms. The Morgan fingerprint density at radius 2 is 2.18 bits per heavy atom. The number of aromatic amines is 1. The molecule has 0 fully saturated rings. The predicted molar refractivity (Wildman–Crippen MR) is 66.0 cm³/mol. The maximum absolute atomic E-state index is 11.9. The van der Waals surface area contributed by atoms with Crippen molar-refractivity contribution in [2.75, 3.05) is 13.2 Å². The van der Waals surface area contributed by atoms with Gasteiger partial charge in [0.05, 0.1) is 6.61 Å². The van der Waals surface area contributed by atoms with Gasteiger partial charge < -0.3 is 9.72 Å². The lowest BCUT2D eigenvalue weighted by molar-refractivity contribution is 0.133. The van der Waals surface area contributed by atoms with Crippen LogP contribution in [0, 0.1) is 6.92 Å². The largest absolute Gasteiger partial charge is 0.380 e. The van der Waals surface area contributed by atoms with Gasteiger partial charge in [-0.05, 0) is 20.8 Å². The molecule has 0 bridgehead atoms. The Kier molecular flexibility index (Phi) is 4.87. The highest BCUT2D eigenvalue weighted by Gasteiger charge is 2.22. The van der Waals surface area contributed by atoms with E-state index in [4.69, 9.17) is 4.74 Å². The summed E-state index contributed by atoms with van der Waals surface area (Å²) in [6.45, 7) is 5.93. The Morgan fingerprint density at radius 1 is 1.53 bits per heavy atom. The van der Waals surface area contributed by atoms with Crippen LogP contribution >= 0.6 is 11.3 Å². The number of aromatic nitrogens is 1. The standard InChI is InChI=1S/C9H16N2O4S2/c1-4-15-5-6(2)11-17(13,14)8-7(3)10-9(12)16-8/h6,11H,4-5H2,1-3H3,(H,10,12). The second-order valence-corrected chi connectivity index (χ2v) is 6.50. The minimum atomic E-state index is -3.64. The lowest BCUT2D eigenvalue weighted by atomic mass is 10.4. The van der Waals surface area contributed by atoms with E-state index in [1.807, 2.05) is 6.92 Å². The molecular weight excluding hydrogens is 264 g/mol. The summed E-state index contributed by atoms with van der Waals surface area (Å²) in [7, 11) is -3.64. The molecule has 0 saturated carbocycles. The zero-order chi connectivity index (χ0) is 13.1. The van der Waals surface area contributed by atoms with Crippen molar-refractivity contribution in [1.82, 2.24) is 9.71 Å². The third kappa shape index (κ3) is 3.91. The van der Waals surface area contributed by atoms with Crippen molar-refractivity contribution in [3.63, 3.8) is 0 Å². The fourth-order valence-electron chi connectivity index (χ4n) is 1.29. The van der Waals surface area contributed by atoms with Gasteiger partial charge in [-0.25, -0.2) is 13.1 Å². The van der Waals surface area contributed by atoms with Gasteiger partial charge in [-0.2, -0.15) is 0 Å². The van der Waals surface area contributed by atoms with Crippen molar-refractivity contribution < 1.29 is 13.2 Å². The molecule has 2 N–H and O–H groups in total. The van der Waals surface area contributed by atoms with Gasteiger partial charge in [0.25, 0.3) is 10.0 Å². The average Bonchev–Trinajstić information content (AvgIpc) is 2.55. The van der Waals surface area contributed by atoms with Crippen LogP contribution in [0.4, 0.5) is 0 Å². The van der Waals surface area contributed by atoms with Gasteiger partial charge in [-0.15, -0.1) is 0 Å². The van der Waals surface area contributed by atoms with Gasteiger partial charge in [-0.1, -0.05) is 11.3 Å². The first-order chi connectivity index (χ1) is 7.86. The van der Waals surface area contributed by atoms with E-state index >= 15 is 0 Å². The summed E-state index contributed by atoms with van der Waals surface area (Å²) < 4.78 is 31.5. The van der Waals surface area contributed by atoms with Gasteiger partial charge in [0.2, 0.25) is 0 Å². The lowest BCUT2D eigenvalue weighted by Gasteiger charge is -2.13. The smallest absolute Gasteiger partial charge is 0.305 e. The molecule has 6 nitrogen and oxygen atoms in total. The van der Waals surface area contributed by atoms with E-state index in [1.165, 1.54) is 0 Å². The molecule has 1 unspecified atom stereocenters. The molecule has 0 saturated heterocycles. The molecule has 1 aromatic heterocycles. The summed E-state index contributed by atoms with van der Waals surface area (Å²) in [4.78, 5) is 13.1. The van der Waals surface area contributed by atoms with Crippen LogP contribution in [0.25, 0.3) is 0 Å². The number of ether oxygens (including phenoxy) is 1. The van der Waals surface area contributed by atoms with Crippen molar-refractivity contribution in [3.8, 4) is 0 Å². The number of H-pyrrole nitrogens is 1. The number of rotatable bonds is 6. The maximum atomic E-state index is 11.9. The van der Waals surface area contributed by atoms with E-state index in [9.17, 15) is 13.2 Å². The Hall–Kier alpha value is -0.700. The van der Waals surface area contributed by atoms with E-state index in [0.29, 0.717) is 30.2 Å². The molecule has 8 heteroatoms. The normalized spacial score (nSPS) is 13.8. The van der Waals surface area contributed by atoms with Crippen LogP contribution in [0.15, 0.2) is 9.00 Å². The van der Waals surface area contributed by atoms with Crippen LogP contribution < -0.4 is 9.60 Å². The third-order valence-electron chi connectivity index (χ3n) is 1.95. The first-order valence-electron chi connectivity index (χ1n) is 5.16. The van der Waals surface area contributed by atoms with Crippen LogP contribution in [0.3, 0.4) is 0 Å². The summed E-state index contributed by atoms with van der Waals surface area (Å²) in [5.41, 5.74) is 0.358. The number of hydrogen-bond acceptors (Lipinski definition) is 5. The molecule has 0 radical (unpaired) electrons. The fourth-order valence-corrected chi connectivity index (χ4v) is 3.84. The quantitative estimate of drug-likeness (QED) is 0.792. The molecule has 0 aliphatic heterocycles. The van der Waals surface area contributed by atoms with Gasteiger partial charge in [0.1, 0.15) is 0 Å². The Bertz CT molecular complexity index is 517. The Balaban J connectivity index is 2.82. The van der Waals surface area contributed by atoms with E-state index < -0.39 is 10.0 Å². The zero-order valence-electron chi connectivity index (χ0n) is 9.94.